The summed E-state index contributed by atoms with van der Waals surface area (Å²) in [6, 6.07) is 7.68. The van der Waals surface area contributed by atoms with Gasteiger partial charge in [-0.15, -0.1) is 11.8 Å². The van der Waals surface area contributed by atoms with Crippen molar-refractivity contribution in [3.8, 4) is 0 Å². The van der Waals surface area contributed by atoms with Crippen LogP contribution in [0.4, 0.5) is 5.69 Å². The molecular formula is C18H24N2O2S. The maximum atomic E-state index is 12.6. The summed E-state index contributed by atoms with van der Waals surface area (Å²) in [6.45, 7) is 6.43. The van der Waals surface area contributed by atoms with E-state index in [4.69, 9.17) is 0 Å². The zero-order valence-electron chi connectivity index (χ0n) is 14.0. The van der Waals surface area contributed by atoms with E-state index in [1.807, 2.05) is 12.1 Å². The molecular weight excluding hydrogens is 308 g/mol. The molecule has 0 spiro atoms. The predicted octanol–water partition coefficient (Wildman–Crippen LogP) is 3.59. The zero-order chi connectivity index (χ0) is 16.6. The summed E-state index contributed by atoms with van der Waals surface area (Å²) in [5.41, 5.74) is 2.08. The molecule has 3 atom stereocenters. The highest BCUT2D eigenvalue weighted by molar-refractivity contribution is 8.01. The van der Waals surface area contributed by atoms with Crippen LogP contribution in [0.25, 0.3) is 0 Å². The van der Waals surface area contributed by atoms with Gasteiger partial charge < -0.3 is 10.2 Å². The molecule has 2 aliphatic heterocycles. The number of rotatable bonds is 4. The van der Waals surface area contributed by atoms with Crippen molar-refractivity contribution in [2.75, 3.05) is 11.1 Å². The number of nitrogens with zero attached hydrogens (tertiary/aromatic N) is 1. The first-order valence-electron chi connectivity index (χ1n) is 8.31. The second-order valence-corrected chi connectivity index (χ2v) is 8.19. The van der Waals surface area contributed by atoms with Gasteiger partial charge in [0.05, 0.1) is 4.87 Å². The number of carbonyl (C=O) groups is 2. The van der Waals surface area contributed by atoms with Crippen LogP contribution in [-0.2, 0) is 9.59 Å². The lowest BCUT2D eigenvalue weighted by Gasteiger charge is -2.29. The molecule has 0 saturated carbocycles. The van der Waals surface area contributed by atoms with Crippen molar-refractivity contribution in [1.29, 1.82) is 0 Å². The molecule has 2 heterocycles. The van der Waals surface area contributed by atoms with Crippen LogP contribution < -0.4 is 5.32 Å². The fourth-order valence-corrected chi connectivity index (χ4v) is 4.80. The summed E-state index contributed by atoms with van der Waals surface area (Å²) in [5.74, 6) is 1.23. The van der Waals surface area contributed by atoms with Gasteiger partial charge in [0, 0.05) is 17.9 Å². The predicted molar refractivity (Wildman–Crippen MR) is 94.5 cm³/mol. The Kier molecular flexibility index (Phi) is 4.41. The van der Waals surface area contributed by atoms with Crippen molar-refractivity contribution in [3.63, 3.8) is 0 Å². The molecule has 1 N–H and O–H groups in total. The first-order chi connectivity index (χ1) is 10.9. The summed E-state index contributed by atoms with van der Waals surface area (Å²) >= 11 is 1.72. The van der Waals surface area contributed by atoms with E-state index in [-0.39, 0.29) is 22.7 Å². The van der Waals surface area contributed by atoms with E-state index in [9.17, 15) is 9.59 Å². The van der Waals surface area contributed by atoms with Gasteiger partial charge in [0.1, 0.15) is 6.04 Å². The minimum absolute atomic E-state index is 0.0761. The lowest BCUT2D eigenvalue weighted by atomic mass is 9.98. The quantitative estimate of drug-likeness (QED) is 0.916. The molecule has 0 aliphatic carbocycles. The number of thioether (sulfide) groups is 1. The largest absolute Gasteiger partial charge is 0.324 e. The van der Waals surface area contributed by atoms with Crippen LogP contribution in [0.15, 0.2) is 24.3 Å². The van der Waals surface area contributed by atoms with Gasteiger partial charge in [-0.05, 0) is 43.4 Å². The molecule has 0 aromatic heterocycles. The smallest absolute Gasteiger partial charge is 0.248 e. The third-order valence-electron chi connectivity index (χ3n) is 5.11. The van der Waals surface area contributed by atoms with Gasteiger partial charge >= 0.3 is 0 Å². The molecule has 124 valence electrons. The average molecular weight is 332 g/mol. The molecule has 2 saturated heterocycles. The van der Waals surface area contributed by atoms with Gasteiger partial charge in [-0.3, -0.25) is 9.59 Å². The fourth-order valence-electron chi connectivity index (χ4n) is 3.37. The van der Waals surface area contributed by atoms with Crippen LogP contribution >= 0.6 is 11.8 Å². The molecule has 4 nitrogen and oxygen atoms in total. The molecule has 3 rings (SSSR count). The first kappa shape index (κ1) is 16.4. The Bertz CT molecular complexity index is 616. The van der Waals surface area contributed by atoms with Crippen LogP contribution in [0.1, 0.15) is 51.5 Å². The lowest BCUT2D eigenvalue weighted by molar-refractivity contribution is -0.135. The van der Waals surface area contributed by atoms with E-state index in [2.05, 4.69) is 38.2 Å². The highest BCUT2D eigenvalue weighted by atomic mass is 32.2. The van der Waals surface area contributed by atoms with E-state index in [0.717, 1.165) is 18.5 Å². The average Bonchev–Trinajstić information content (AvgIpc) is 3.04. The van der Waals surface area contributed by atoms with Crippen LogP contribution in [0.5, 0.6) is 0 Å². The van der Waals surface area contributed by atoms with Gasteiger partial charge in [0.25, 0.3) is 0 Å². The second kappa shape index (κ2) is 6.19. The summed E-state index contributed by atoms with van der Waals surface area (Å²) in [4.78, 5) is 26.3. The summed E-state index contributed by atoms with van der Waals surface area (Å²) < 4.78 is 0. The van der Waals surface area contributed by atoms with Crippen molar-refractivity contribution in [2.24, 2.45) is 0 Å². The summed E-state index contributed by atoms with van der Waals surface area (Å²) in [6.07, 6.45) is 2.49. The third kappa shape index (κ3) is 2.99. The summed E-state index contributed by atoms with van der Waals surface area (Å²) in [7, 11) is 0. The van der Waals surface area contributed by atoms with Crippen LogP contribution in [0.3, 0.4) is 0 Å². The lowest BCUT2D eigenvalue weighted by Crippen LogP contribution is -2.48. The monoisotopic (exact) mass is 332 g/mol. The molecule has 1 aromatic rings. The van der Waals surface area contributed by atoms with Crippen LogP contribution in [0.2, 0.25) is 0 Å². The molecule has 3 unspecified atom stereocenters. The normalized spacial score (nSPS) is 27.9. The number of hydrogen-bond donors (Lipinski definition) is 1. The van der Waals surface area contributed by atoms with E-state index in [1.54, 1.807) is 16.7 Å². The highest BCUT2D eigenvalue weighted by Crippen LogP contribution is 2.47. The van der Waals surface area contributed by atoms with Crippen molar-refractivity contribution < 1.29 is 9.59 Å². The molecule has 23 heavy (non-hydrogen) atoms. The van der Waals surface area contributed by atoms with Gasteiger partial charge in [0.15, 0.2) is 0 Å². The maximum absolute atomic E-state index is 12.6. The fraction of sp³-hybridized carbons (Fsp3) is 0.556. The molecule has 2 fully saturated rings. The SMILES string of the molecule is CCC(C)c1ccc(NC(=O)C2CSC3(C)CCC(=O)N23)cc1. The maximum Gasteiger partial charge on any atom is 0.248 e. The Hall–Kier alpha value is -1.49. The van der Waals surface area contributed by atoms with Crippen LogP contribution in [0, 0.1) is 0 Å². The van der Waals surface area contributed by atoms with Crippen molar-refractivity contribution >= 4 is 29.3 Å². The van der Waals surface area contributed by atoms with E-state index >= 15 is 0 Å². The second-order valence-electron chi connectivity index (χ2n) is 6.69. The van der Waals surface area contributed by atoms with E-state index in [0.29, 0.717) is 18.1 Å². The van der Waals surface area contributed by atoms with Gasteiger partial charge in [0.2, 0.25) is 11.8 Å². The van der Waals surface area contributed by atoms with Gasteiger partial charge in [-0.2, -0.15) is 0 Å². The topological polar surface area (TPSA) is 49.4 Å². The minimum atomic E-state index is -0.353. The van der Waals surface area contributed by atoms with E-state index < -0.39 is 0 Å². The summed E-state index contributed by atoms with van der Waals surface area (Å²) in [5, 5.41) is 2.97. The van der Waals surface area contributed by atoms with Crippen molar-refractivity contribution in [1.82, 2.24) is 4.90 Å². The molecule has 0 bridgehead atoms. The molecule has 2 aliphatic rings. The standard InChI is InChI=1S/C18H24N2O2S/c1-4-12(2)13-5-7-14(8-6-13)19-17(22)15-11-23-18(3)10-9-16(21)20(15)18/h5-8,12,15H,4,9-11H2,1-3H3,(H,19,22). The van der Waals surface area contributed by atoms with Crippen molar-refractivity contribution in [3.05, 3.63) is 29.8 Å². The first-order valence-corrected chi connectivity index (χ1v) is 9.30. The van der Waals surface area contributed by atoms with Crippen molar-refractivity contribution in [2.45, 2.75) is 56.9 Å². The Morgan fingerprint density at radius 1 is 1.43 bits per heavy atom. The number of nitrogens with one attached hydrogen (secondary N) is 1. The number of fused-ring (bicyclic) bond motifs is 1. The zero-order valence-corrected chi connectivity index (χ0v) is 14.8. The van der Waals surface area contributed by atoms with Crippen LogP contribution in [-0.4, -0.2) is 33.4 Å². The number of carbonyl (C=O) groups excluding carboxylic acids is 2. The number of hydrogen-bond acceptors (Lipinski definition) is 3. The minimum Gasteiger partial charge on any atom is -0.324 e. The highest BCUT2D eigenvalue weighted by Gasteiger charge is 2.52. The molecule has 0 radical (unpaired) electrons. The number of amides is 2. The molecule has 1 aromatic carbocycles. The van der Waals surface area contributed by atoms with E-state index in [1.165, 1.54) is 5.56 Å². The third-order valence-corrected chi connectivity index (χ3v) is 6.61. The van der Waals surface area contributed by atoms with Gasteiger partial charge in [-0.1, -0.05) is 26.0 Å². The Morgan fingerprint density at radius 2 is 2.13 bits per heavy atom. The number of anilines is 1. The Labute approximate surface area is 142 Å². The Balaban J connectivity index is 1.69. The molecule has 2 amide bonds. The van der Waals surface area contributed by atoms with Gasteiger partial charge in [-0.25, -0.2) is 0 Å². The number of benzene rings is 1. The molecule has 5 heteroatoms. The Morgan fingerprint density at radius 3 is 2.78 bits per heavy atom.